The van der Waals surface area contributed by atoms with Crippen LogP contribution in [0.4, 0.5) is 0 Å². The number of amides is 1. The van der Waals surface area contributed by atoms with Gasteiger partial charge in [-0.25, -0.2) is 4.98 Å². The quantitative estimate of drug-likeness (QED) is 0.584. The van der Waals surface area contributed by atoms with E-state index in [1.54, 1.807) is 6.20 Å². The van der Waals surface area contributed by atoms with E-state index in [-0.39, 0.29) is 12.0 Å². The van der Waals surface area contributed by atoms with Crippen LogP contribution in [-0.2, 0) is 17.9 Å². The summed E-state index contributed by atoms with van der Waals surface area (Å²) >= 11 is 7.53. The molecule has 0 bridgehead atoms. The Hall–Kier alpha value is -2.21. The van der Waals surface area contributed by atoms with E-state index >= 15 is 0 Å². The van der Waals surface area contributed by atoms with Gasteiger partial charge in [-0.3, -0.25) is 4.79 Å². The van der Waals surface area contributed by atoms with Gasteiger partial charge in [0.05, 0.1) is 23.9 Å². The number of hydrogen-bond donors (Lipinski definition) is 1. The van der Waals surface area contributed by atoms with Gasteiger partial charge in [0.25, 0.3) is 5.91 Å². The first-order valence-corrected chi connectivity index (χ1v) is 9.90. The van der Waals surface area contributed by atoms with Crippen molar-refractivity contribution in [2.45, 2.75) is 33.1 Å². The Labute approximate surface area is 168 Å². The van der Waals surface area contributed by atoms with Gasteiger partial charge in [0.15, 0.2) is 0 Å². The van der Waals surface area contributed by atoms with E-state index in [2.05, 4.69) is 10.3 Å². The third kappa shape index (κ3) is 5.39. The van der Waals surface area contributed by atoms with Crippen molar-refractivity contribution in [1.82, 2.24) is 10.3 Å². The molecule has 3 rings (SSSR count). The summed E-state index contributed by atoms with van der Waals surface area (Å²) in [6.07, 6.45) is 1.78. The zero-order valence-corrected chi connectivity index (χ0v) is 16.8. The van der Waals surface area contributed by atoms with Gasteiger partial charge < -0.3 is 10.1 Å². The number of halogens is 1. The molecule has 0 aliphatic carbocycles. The fourth-order valence-electron chi connectivity index (χ4n) is 2.50. The minimum absolute atomic E-state index is 0.144. The van der Waals surface area contributed by atoms with Crippen molar-refractivity contribution < 1.29 is 9.53 Å². The van der Waals surface area contributed by atoms with E-state index in [9.17, 15) is 4.79 Å². The van der Waals surface area contributed by atoms with Gasteiger partial charge in [0, 0.05) is 12.1 Å². The Morgan fingerprint density at radius 3 is 2.74 bits per heavy atom. The predicted molar refractivity (Wildman–Crippen MR) is 110 cm³/mol. The van der Waals surface area contributed by atoms with Crippen LogP contribution in [0.15, 0.2) is 54.7 Å². The standard InChI is InChI=1S/C21H21ClN2O2S/c1-14(2)26-13-16-7-5-6-15(10-16)11-23-20(25)19-12-24-21(27-19)17-8-3-4-9-18(17)22/h3-10,12,14H,11,13H2,1-2H3,(H,23,25). The first kappa shape index (κ1) is 19.5. The first-order chi connectivity index (χ1) is 13.0. The van der Waals surface area contributed by atoms with Gasteiger partial charge in [0.1, 0.15) is 9.88 Å². The second-order valence-corrected chi connectivity index (χ2v) is 7.81. The van der Waals surface area contributed by atoms with Crippen LogP contribution in [0.25, 0.3) is 10.6 Å². The molecular weight excluding hydrogens is 380 g/mol. The lowest BCUT2D eigenvalue weighted by atomic mass is 10.1. The number of carbonyl (C=O) groups excluding carboxylic acids is 1. The molecule has 0 aliphatic rings. The zero-order valence-electron chi connectivity index (χ0n) is 15.2. The topological polar surface area (TPSA) is 51.2 Å². The third-order valence-electron chi connectivity index (χ3n) is 3.86. The molecule has 0 unspecified atom stereocenters. The van der Waals surface area contributed by atoms with E-state index in [0.717, 1.165) is 21.7 Å². The first-order valence-electron chi connectivity index (χ1n) is 8.71. The number of hydrogen-bond acceptors (Lipinski definition) is 4. The van der Waals surface area contributed by atoms with Crippen molar-refractivity contribution in [3.05, 3.63) is 75.8 Å². The highest BCUT2D eigenvalue weighted by atomic mass is 35.5. The lowest BCUT2D eigenvalue weighted by molar-refractivity contribution is 0.0657. The molecular formula is C21H21ClN2O2S. The van der Waals surface area contributed by atoms with Crippen molar-refractivity contribution in [2.75, 3.05) is 0 Å². The number of ether oxygens (including phenoxy) is 1. The van der Waals surface area contributed by atoms with E-state index < -0.39 is 0 Å². The summed E-state index contributed by atoms with van der Waals surface area (Å²) in [5.74, 6) is -0.144. The van der Waals surface area contributed by atoms with Crippen LogP contribution in [0.1, 0.15) is 34.6 Å². The molecule has 1 amide bonds. The van der Waals surface area contributed by atoms with E-state index in [4.69, 9.17) is 16.3 Å². The average molecular weight is 401 g/mol. The molecule has 0 saturated carbocycles. The van der Waals surface area contributed by atoms with Crippen LogP contribution in [0.2, 0.25) is 5.02 Å². The molecule has 27 heavy (non-hydrogen) atoms. The number of nitrogens with one attached hydrogen (secondary N) is 1. The van der Waals surface area contributed by atoms with Crippen molar-refractivity contribution in [1.29, 1.82) is 0 Å². The van der Waals surface area contributed by atoms with Crippen LogP contribution >= 0.6 is 22.9 Å². The molecule has 3 aromatic rings. The number of carbonyl (C=O) groups is 1. The maximum atomic E-state index is 12.4. The maximum Gasteiger partial charge on any atom is 0.263 e. The molecule has 140 valence electrons. The zero-order chi connectivity index (χ0) is 19.2. The highest BCUT2D eigenvalue weighted by Gasteiger charge is 2.13. The van der Waals surface area contributed by atoms with Gasteiger partial charge in [0.2, 0.25) is 0 Å². The summed E-state index contributed by atoms with van der Waals surface area (Å²) in [6.45, 7) is 5.04. The fraction of sp³-hybridized carbons (Fsp3) is 0.238. The monoisotopic (exact) mass is 400 g/mol. The van der Waals surface area contributed by atoms with Crippen molar-refractivity contribution in [3.63, 3.8) is 0 Å². The summed E-state index contributed by atoms with van der Waals surface area (Å²) in [5, 5.41) is 4.30. The normalized spacial score (nSPS) is 11.0. The molecule has 4 nitrogen and oxygen atoms in total. The van der Waals surface area contributed by atoms with Crippen LogP contribution in [0.5, 0.6) is 0 Å². The van der Waals surface area contributed by atoms with Crippen LogP contribution in [-0.4, -0.2) is 17.0 Å². The van der Waals surface area contributed by atoms with Crippen LogP contribution < -0.4 is 5.32 Å². The lowest BCUT2D eigenvalue weighted by Crippen LogP contribution is -2.21. The minimum atomic E-state index is -0.144. The van der Waals surface area contributed by atoms with E-state index in [0.29, 0.717) is 23.1 Å². The molecule has 0 fully saturated rings. The average Bonchev–Trinajstić information content (AvgIpc) is 3.15. The van der Waals surface area contributed by atoms with Gasteiger partial charge in [-0.15, -0.1) is 11.3 Å². The Bertz CT molecular complexity index is 924. The molecule has 1 heterocycles. The van der Waals surface area contributed by atoms with Crippen LogP contribution in [0.3, 0.4) is 0 Å². The molecule has 0 spiro atoms. The smallest absolute Gasteiger partial charge is 0.263 e. The molecule has 1 aromatic heterocycles. The molecule has 0 atom stereocenters. The summed E-state index contributed by atoms with van der Waals surface area (Å²) in [4.78, 5) is 17.3. The Morgan fingerprint density at radius 1 is 1.19 bits per heavy atom. The van der Waals surface area contributed by atoms with Crippen LogP contribution in [0, 0.1) is 0 Å². The van der Waals surface area contributed by atoms with Crippen molar-refractivity contribution in [3.8, 4) is 10.6 Å². The van der Waals surface area contributed by atoms with Crippen molar-refractivity contribution >= 4 is 28.8 Å². The minimum Gasteiger partial charge on any atom is -0.374 e. The highest BCUT2D eigenvalue weighted by molar-refractivity contribution is 7.17. The number of rotatable bonds is 7. The van der Waals surface area contributed by atoms with Gasteiger partial charge in [-0.05, 0) is 31.0 Å². The second-order valence-electron chi connectivity index (χ2n) is 6.37. The van der Waals surface area contributed by atoms with Gasteiger partial charge >= 0.3 is 0 Å². The Morgan fingerprint density at radius 2 is 1.96 bits per heavy atom. The second kappa shape index (κ2) is 9.13. The number of nitrogens with zero attached hydrogens (tertiary/aromatic N) is 1. The van der Waals surface area contributed by atoms with E-state index in [1.165, 1.54) is 11.3 Å². The molecule has 0 radical (unpaired) electrons. The maximum absolute atomic E-state index is 12.4. The lowest BCUT2D eigenvalue weighted by Gasteiger charge is -2.09. The predicted octanol–water partition coefficient (Wildman–Crippen LogP) is 5.32. The largest absolute Gasteiger partial charge is 0.374 e. The molecule has 0 aliphatic heterocycles. The summed E-state index contributed by atoms with van der Waals surface area (Å²) in [5.41, 5.74) is 2.96. The molecule has 6 heteroatoms. The Balaban J connectivity index is 1.62. The summed E-state index contributed by atoms with van der Waals surface area (Å²) in [7, 11) is 0. The molecule has 0 saturated heterocycles. The van der Waals surface area contributed by atoms with Crippen molar-refractivity contribution in [2.24, 2.45) is 0 Å². The fourth-order valence-corrected chi connectivity index (χ4v) is 3.65. The Kier molecular flexibility index (Phi) is 6.61. The SMILES string of the molecule is CC(C)OCc1cccc(CNC(=O)c2cnc(-c3ccccc3Cl)s2)c1. The summed E-state index contributed by atoms with van der Waals surface area (Å²) in [6, 6.07) is 15.5. The van der Waals surface area contributed by atoms with Gasteiger partial charge in [-0.2, -0.15) is 0 Å². The number of benzene rings is 2. The number of thiazole rings is 1. The highest BCUT2D eigenvalue weighted by Crippen LogP contribution is 2.30. The summed E-state index contributed by atoms with van der Waals surface area (Å²) < 4.78 is 5.63. The molecule has 1 N–H and O–H groups in total. The third-order valence-corrected chi connectivity index (χ3v) is 5.22. The van der Waals surface area contributed by atoms with E-state index in [1.807, 2.05) is 62.4 Å². The van der Waals surface area contributed by atoms with Gasteiger partial charge in [-0.1, -0.05) is 54.1 Å². The molecule has 2 aromatic carbocycles. The number of aromatic nitrogens is 1.